The average molecular weight is 364 g/mol. The van der Waals surface area contributed by atoms with Gasteiger partial charge < -0.3 is 10.6 Å². The highest BCUT2D eigenvalue weighted by Crippen LogP contribution is 2.33. The van der Waals surface area contributed by atoms with E-state index < -0.39 is 0 Å². The molecule has 2 aromatic rings. The first-order valence-electron chi connectivity index (χ1n) is 6.12. The Labute approximate surface area is 125 Å². The number of amides is 1. The summed E-state index contributed by atoms with van der Waals surface area (Å²) in [6.45, 7) is 0.702. The van der Waals surface area contributed by atoms with E-state index >= 15 is 0 Å². The summed E-state index contributed by atoms with van der Waals surface area (Å²) in [4.78, 5) is 14.4. The van der Waals surface area contributed by atoms with Crippen molar-refractivity contribution in [3.63, 3.8) is 0 Å². The van der Waals surface area contributed by atoms with E-state index in [9.17, 15) is 4.79 Å². The van der Waals surface area contributed by atoms with E-state index in [0.29, 0.717) is 6.54 Å². The standard InChI is InChI=1S/C15H13IN2O/c16-12-5-2-1-4-10(12)15(19)18-9-8-11-13(17)6-3-7-14(11)18/h1-7H,8-9,17H2. The number of anilines is 2. The molecule has 0 saturated heterocycles. The Morgan fingerprint density at radius 1 is 1.16 bits per heavy atom. The maximum Gasteiger partial charge on any atom is 0.259 e. The Bertz CT molecular complexity index is 654. The number of nitrogen functional groups attached to an aromatic ring is 1. The van der Waals surface area contributed by atoms with Gasteiger partial charge in [0, 0.05) is 27.1 Å². The van der Waals surface area contributed by atoms with Crippen LogP contribution in [0.5, 0.6) is 0 Å². The van der Waals surface area contributed by atoms with Crippen LogP contribution in [0.1, 0.15) is 15.9 Å². The largest absolute Gasteiger partial charge is 0.398 e. The highest BCUT2D eigenvalue weighted by atomic mass is 127. The Balaban J connectivity index is 2.01. The van der Waals surface area contributed by atoms with E-state index in [-0.39, 0.29) is 5.91 Å². The molecule has 0 aliphatic carbocycles. The van der Waals surface area contributed by atoms with Crippen LogP contribution in [0.25, 0.3) is 0 Å². The first-order chi connectivity index (χ1) is 9.18. The number of hydrogen-bond acceptors (Lipinski definition) is 2. The summed E-state index contributed by atoms with van der Waals surface area (Å²) in [6, 6.07) is 13.4. The highest BCUT2D eigenvalue weighted by Gasteiger charge is 2.27. The average Bonchev–Trinajstić information content (AvgIpc) is 2.84. The van der Waals surface area contributed by atoms with Crippen molar-refractivity contribution in [1.29, 1.82) is 0 Å². The minimum atomic E-state index is 0.0503. The molecule has 96 valence electrons. The van der Waals surface area contributed by atoms with E-state index in [1.807, 2.05) is 47.4 Å². The molecule has 4 heteroatoms. The summed E-state index contributed by atoms with van der Waals surface area (Å²) in [5, 5.41) is 0. The number of nitrogens with zero attached hydrogens (tertiary/aromatic N) is 1. The van der Waals surface area contributed by atoms with E-state index in [1.54, 1.807) is 0 Å². The van der Waals surface area contributed by atoms with Crippen LogP contribution in [0.3, 0.4) is 0 Å². The predicted octanol–water partition coefficient (Wildman–Crippen LogP) is 3.08. The molecule has 1 heterocycles. The van der Waals surface area contributed by atoms with Gasteiger partial charge in [-0.3, -0.25) is 4.79 Å². The molecule has 3 nitrogen and oxygen atoms in total. The third kappa shape index (κ3) is 2.10. The molecule has 0 radical (unpaired) electrons. The van der Waals surface area contributed by atoms with Crippen molar-refractivity contribution in [2.24, 2.45) is 0 Å². The molecule has 0 unspecified atom stereocenters. The number of benzene rings is 2. The first-order valence-corrected chi connectivity index (χ1v) is 7.20. The molecular formula is C15H13IN2O. The molecule has 0 saturated carbocycles. The first kappa shape index (κ1) is 12.5. The third-order valence-corrected chi connectivity index (χ3v) is 4.35. The minimum Gasteiger partial charge on any atom is -0.398 e. The van der Waals surface area contributed by atoms with Crippen molar-refractivity contribution >= 4 is 39.9 Å². The number of nitrogens with two attached hydrogens (primary N) is 1. The lowest BCUT2D eigenvalue weighted by Gasteiger charge is -2.18. The SMILES string of the molecule is Nc1cccc2c1CCN2C(=O)c1ccccc1I. The number of carbonyl (C=O) groups excluding carboxylic acids is 1. The quantitative estimate of drug-likeness (QED) is 0.625. The normalized spacial score (nSPS) is 13.4. The van der Waals surface area contributed by atoms with Gasteiger partial charge in [-0.25, -0.2) is 0 Å². The molecule has 2 aromatic carbocycles. The summed E-state index contributed by atoms with van der Waals surface area (Å²) in [6.07, 6.45) is 0.831. The van der Waals surface area contributed by atoms with Gasteiger partial charge in [0.1, 0.15) is 0 Å². The fraction of sp³-hybridized carbons (Fsp3) is 0.133. The number of carbonyl (C=O) groups is 1. The van der Waals surface area contributed by atoms with Crippen LogP contribution in [0.4, 0.5) is 11.4 Å². The van der Waals surface area contributed by atoms with Crippen LogP contribution >= 0.6 is 22.6 Å². The van der Waals surface area contributed by atoms with Gasteiger partial charge in [0.05, 0.1) is 5.56 Å². The van der Waals surface area contributed by atoms with Crippen molar-refractivity contribution in [2.75, 3.05) is 17.2 Å². The molecule has 2 N–H and O–H groups in total. The van der Waals surface area contributed by atoms with Crippen LogP contribution < -0.4 is 10.6 Å². The molecule has 3 rings (SSSR count). The van der Waals surface area contributed by atoms with Crippen LogP contribution in [0.15, 0.2) is 42.5 Å². The van der Waals surface area contributed by atoms with E-state index in [1.165, 1.54) is 0 Å². The topological polar surface area (TPSA) is 46.3 Å². The summed E-state index contributed by atoms with van der Waals surface area (Å²) in [5.74, 6) is 0.0503. The van der Waals surface area contributed by atoms with E-state index in [2.05, 4.69) is 22.6 Å². The summed E-state index contributed by atoms with van der Waals surface area (Å²) >= 11 is 2.20. The fourth-order valence-electron chi connectivity index (χ4n) is 2.45. The molecule has 0 bridgehead atoms. The Morgan fingerprint density at radius 3 is 2.74 bits per heavy atom. The lowest BCUT2D eigenvalue weighted by atomic mass is 10.1. The van der Waals surface area contributed by atoms with E-state index in [4.69, 9.17) is 5.73 Å². The fourth-order valence-corrected chi connectivity index (χ4v) is 3.07. The number of hydrogen-bond donors (Lipinski definition) is 1. The molecule has 1 aliphatic heterocycles. The van der Waals surface area contributed by atoms with Crippen LogP contribution in [0, 0.1) is 3.57 Å². The van der Waals surface area contributed by atoms with Crippen LogP contribution in [0.2, 0.25) is 0 Å². The number of rotatable bonds is 1. The van der Waals surface area contributed by atoms with Crippen molar-refractivity contribution in [3.8, 4) is 0 Å². The van der Waals surface area contributed by atoms with Crippen molar-refractivity contribution in [2.45, 2.75) is 6.42 Å². The summed E-state index contributed by atoms with van der Waals surface area (Å²) < 4.78 is 0.974. The molecule has 1 aliphatic rings. The molecule has 0 fully saturated rings. The van der Waals surface area contributed by atoms with Gasteiger partial charge in [-0.1, -0.05) is 18.2 Å². The second-order valence-electron chi connectivity index (χ2n) is 4.53. The predicted molar refractivity (Wildman–Crippen MR) is 85.4 cm³/mol. The number of fused-ring (bicyclic) bond motifs is 1. The Kier molecular flexibility index (Phi) is 3.18. The molecule has 1 amide bonds. The Hall–Kier alpha value is -1.56. The van der Waals surface area contributed by atoms with Crippen molar-refractivity contribution in [3.05, 3.63) is 57.2 Å². The van der Waals surface area contributed by atoms with Gasteiger partial charge in [-0.15, -0.1) is 0 Å². The third-order valence-electron chi connectivity index (χ3n) is 3.41. The molecule has 0 spiro atoms. The Morgan fingerprint density at radius 2 is 1.95 bits per heavy atom. The van der Waals surface area contributed by atoms with Gasteiger partial charge >= 0.3 is 0 Å². The van der Waals surface area contributed by atoms with Crippen molar-refractivity contribution in [1.82, 2.24) is 0 Å². The molecule has 19 heavy (non-hydrogen) atoms. The maximum atomic E-state index is 12.6. The second-order valence-corrected chi connectivity index (χ2v) is 5.69. The lowest BCUT2D eigenvalue weighted by Crippen LogP contribution is -2.29. The number of halogens is 1. The zero-order valence-corrected chi connectivity index (χ0v) is 12.4. The summed E-state index contributed by atoms with van der Waals surface area (Å²) in [7, 11) is 0. The molecule has 0 atom stereocenters. The van der Waals surface area contributed by atoms with Gasteiger partial charge in [0.25, 0.3) is 5.91 Å². The van der Waals surface area contributed by atoms with Crippen LogP contribution in [-0.4, -0.2) is 12.5 Å². The lowest BCUT2D eigenvalue weighted by molar-refractivity contribution is 0.0988. The summed E-state index contributed by atoms with van der Waals surface area (Å²) in [5.41, 5.74) is 9.52. The van der Waals surface area contributed by atoms with Gasteiger partial charge in [-0.2, -0.15) is 0 Å². The van der Waals surface area contributed by atoms with Gasteiger partial charge in [0.15, 0.2) is 0 Å². The van der Waals surface area contributed by atoms with Crippen LogP contribution in [-0.2, 0) is 6.42 Å². The zero-order valence-electron chi connectivity index (χ0n) is 10.3. The highest BCUT2D eigenvalue weighted by molar-refractivity contribution is 14.1. The maximum absolute atomic E-state index is 12.6. The zero-order chi connectivity index (χ0) is 13.4. The van der Waals surface area contributed by atoms with Gasteiger partial charge in [-0.05, 0) is 53.3 Å². The van der Waals surface area contributed by atoms with E-state index in [0.717, 1.165) is 32.5 Å². The minimum absolute atomic E-state index is 0.0503. The molecular weight excluding hydrogens is 351 g/mol. The van der Waals surface area contributed by atoms with Crippen molar-refractivity contribution < 1.29 is 4.79 Å². The van der Waals surface area contributed by atoms with Gasteiger partial charge in [0.2, 0.25) is 0 Å². The smallest absolute Gasteiger partial charge is 0.259 e. The molecule has 0 aromatic heterocycles. The monoisotopic (exact) mass is 364 g/mol. The second kappa shape index (κ2) is 4.85.